The number of carbonyl (C=O) groups is 2. The number of rotatable bonds is 4. The number of nitrogens with one attached hydrogen (secondary N) is 1. The van der Waals surface area contributed by atoms with Crippen LogP contribution >= 0.6 is 0 Å². The van der Waals surface area contributed by atoms with E-state index in [2.05, 4.69) is 5.32 Å². The van der Waals surface area contributed by atoms with E-state index in [1.807, 2.05) is 18.2 Å². The maximum absolute atomic E-state index is 12.4. The fourth-order valence-electron chi connectivity index (χ4n) is 3.02. The van der Waals surface area contributed by atoms with Gasteiger partial charge in [0.25, 0.3) is 5.91 Å². The minimum absolute atomic E-state index is 0.352. The van der Waals surface area contributed by atoms with Crippen LogP contribution in [0.1, 0.15) is 45.9 Å². The van der Waals surface area contributed by atoms with Gasteiger partial charge in [-0.1, -0.05) is 36.4 Å². The molecule has 3 rings (SSSR count). The van der Waals surface area contributed by atoms with E-state index >= 15 is 0 Å². The Hall–Kier alpha value is -2.62. The minimum atomic E-state index is -1.07. The molecule has 2 aromatic carbocycles. The van der Waals surface area contributed by atoms with Gasteiger partial charge in [-0.05, 0) is 54.5 Å². The standard InChI is InChI=1S/C19H19NO3/c21-18(16-11-10-13-6-4-5-9-15(13)12-16)20-17(19(22)23)14-7-2-1-3-8-14/h1-3,7-8,10-12,17H,4-6,9H2,(H,20,21)(H,22,23)/t17-/m1/s1. The van der Waals surface area contributed by atoms with Gasteiger partial charge in [0.2, 0.25) is 0 Å². The summed E-state index contributed by atoms with van der Waals surface area (Å²) >= 11 is 0. The van der Waals surface area contributed by atoms with Crippen LogP contribution in [0.25, 0.3) is 0 Å². The second-order valence-electron chi connectivity index (χ2n) is 5.85. The third-order valence-corrected chi connectivity index (χ3v) is 4.27. The van der Waals surface area contributed by atoms with Crippen molar-refractivity contribution >= 4 is 11.9 Å². The molecule has 2 aromatic rings. The lowest BCUT2D eigenvalue weighted by Gasteiger charge is -2.18. The van der Waals surface area contributed by atoms with Crippen LogP contribution in [0.2, 0.25) is 0 Å². The number of hydrogen-bond acceptors (Lipinski definition) is 2. The lowest BCUT2D eigenvalue weighted by molar-refractivity contribution is -0.139. The molecule has 0 unspecified atom stereocenters. The van der Waals surface area contributed by atoms with E-state index in [1.165, 1.54) is 17.5 Å². The molecule has 2 N–H and O–H groups in total. The Kier molecular flexibility index (Phi) is 4.42. The highest BCUT2D eigenvalue weighted by Crippen LogP contribution is 2.22. The van der Waals surface area contributed by atoms with E-state index in [9.17, 15) is 14.7 Å². The topological polar surface area (TPSA) is 66.4 Å². The molecule has 1 aliphatic carbocycles. The first kappa shape index (κ1) is 15.3. The van der Waals surface area contributed by atoms with E-state index < -0.39 is 12.0 Å². The summed E-state index contributed by atoms with van der Waals surface area (Å²) in [6, 6.07) is 13.4. The average molecular weight is 309 g/mol. The van der Waals surface area contributed by atoms with E-state index in [-0.39, 0.29) is 5.91 Å². The number of aryl methyl sites for hydroxylation is 2. The zero-order valence-corrected chi connectivity index (χ0v) is 12.8. The van der Waals surface area contributed by atoms with Gasteiger partial charge in [-0.25, -0.2) is 4.79 Å². The summed E-state index contributed by atoms with van der Waals surface area (Å²) in [6.45, 7) is 0. The molecule has 1 atom stereocenters. The second kappa shape index (κ2) is 6.65. The van der Waals surface area contributed by atoms with Crippen molar-refractivity contribution in [3.05, 3.63) is 70.8 Å². The Morgan fingerprint density at radius 1 is 0.957 bits per heavy atom. The molecule has 4 heteroatoms. The molecule has 4 nitrogen and oxygen atoms in total. The quantitative estimate of drug-likeness (QED) is 0.912. The maximum atomic E-state index is 12.4. The average Bonchev–Trinajstić information content (AvgIpc) is 2.59. The maximum Gasteiger partial charge on any atom is 0.330 e. The van der Waals surface area contributed by atoms with Crippen LogP contribution in [0, 0.1) is 0 Å². The van der Waals surface area contributed by atoms with Gasteiger partial charge in [-0.15, -0.1) is 0 Å². The van der Waals surface area contributed by atoms with Gasteiger partial charge in [0.05, 0.1) is 0 Å². The summed E-state index contributed by atoms with van der Waals surface area (Å²) in [5, 5.41) is 12.0. The lowest BCUT2D eigenvalue weighted by Crippen LogP contribution is -2.33. The molecule has 23 heavy (non-hydrogen) atoms. The van der Waals surface area contributed by atoms with Crippen molar-refractivity contribution in [1.82, 2.24) is 5.32 Å². The number of aliphatic carboxylic acids is 1. The monoisotopic (exact) mass is 309 g/mol. The fraction of sp³-hybridized carbons (Fsp3) is 0.263. The predicted molar refractivity (Wildman–Crippen MR) is 87.4 cm³/mol. The zero-order chi connectivity index (χ0) is 16.2. The third kappa shape index (κ3) is 3.42. The molecule has 118 valence electrons. The molecular weight excluding hydrogens is 290 g/mol. The number of amides is 1. The number of fused-ring (bicyclic) bond motifs is 1. The van der Waals surface area contributed by atoms with Gasteiger partial charge in [-0.3, -0.25) is 4.79 Å². The Labute approximate surface area is 135 Å². The molecule has 0 radical (unpaired) electrons. The Bertz CT molecular complexity index is 725. The largest absolute Gasteiger partial charge is 0.479 e. The predicted octanol–water partition coefficient (Wildman–Crippen LogP) is 3.12. The first-order valence-electron chi connectivity index (χ1n) is 7.85. The number of carboxylic acids is 1. The van der Waals surface area contributed by atoms with Crippen LogP contribution in [0.3, 0.4) is 0 Å². The Morgan fingerprint density at radius 2 is 1.65 bits per heavy atom. The van der Waals surface area contributed by atoms with Crippen molar-refractivity contribution in [3.8, 4) is 0 Å². The second-order valence-corrected chi connectivity index (χ2v) is 5.85. The summed E-state index contributed by atoms with van der Waals surface area (Å²) in [6.07, 6.45) is 4.37. The van der Waals surface area contributed by atoms with Crippen LogP contribution in [0.15, 0.2) is 48.5 Å². The van der Waals surface area contributed by atoms with Crippen molar-refractivity contribution in [1.29, 1.82) is 0 Å². The number of hydrogen-bond donors (Lipinski definition) is 2. The van der Waals surface area contributed by atoms with E-state index in [0.29, 0.717) is 11.1 Å². The molecular formula is C19H19NO3. The Morgan fingerprint density at radius 3 is 2.35 bits per heavy atom. The molecule has 0 aliphatic heterocycles. The van der Waals surface area contributed by atoms with Crippen LogP contribution in [0.5, 0.6) is 0 Å². The van der Waals surface area contributed by atoms with Crippen LogP contribution in [-0.2, 0) is 17.6 Å². The highest BCUT2D eigenvalue weighted by molar-refractivity contribution is 5.97. The lowest BCUT2D eigenvalue weighted by atomic mass is 9.90. The van der Waals surface area contributed by atoms with Crippen molar-refractivity contribution in [2.75, 3.05) is 0 Å². The normalized spacial score (nSPS) is 14.6. The molecule has 0 bridgehead atoms. The zero-order valence-electron chi connectivity index (χ0n) is 12.8. The molecule has 0 fully saturated rings. The smallest absolute Gasteiger partial charge is 0.330 e. The van der Waals surface area contributed by atoms with E-state index in [4.69, 9.17) is 0 Å². The molecule has 0 spiro atoms. The third-order valence-electron chi connectivity index (χ3n) is 4.27. The van der Waals surface area contributed by atoms with E-state index in [0.717, 1.165) is 19.3 Å². The molecule has 1 amide bonds. The van der Waals surface area contributed by atoms with Gasteiger partial charge in [0.1, 0.15) is 0 Å². The SMILES string of the molecule is O=C(N[C@@H](C(=O)O)c1ccccc1)c1ccc2c(c1)CCCC2. The molecule has 0 saturated heterocycles. The van der Waals surface area contributed by atoms with Gasteiger partial charge in [0, 0.05) is 5.56 Å². The van der Waals surface area contributed by atoms with Crippen molar-refractivity contribution in [3.63, 3.8) is 0 Å². The number of benzene rings is 2. The number of carbonyl (C=O) groups excluding carboxylic acids is 1. The molecule has 0 saturated carbocycles. The minimum Gasteiger partial charge on any atom is -0.479 e. The van der Waals surface area contributed by atoms with Crippen LogP contribution < -0.4 is 5.32 Å². The summed E-state index contributed by atoms with van der Waals surface area (Å²) in [5.74, 6) is -1.42. The summed E-state index contributed by atoms with van der Waals surface area (Å²) in [4.78, 5) is 23.9. The van der Waals surface area contributed by atoms with Gasteiger partial charge in [0.15, 0.2) is 6.04 Å². The summed E-state index contributed by atoms with van der Waals surface area (Å²) in [7, 11) is 0. The van der Waals surface area contributed by atoms with Crippen molar-refractivity contribution in [2.45, 2.75) is 31.7 Å². The molecule has 0 aromatic heterocycles. The van der Waals surface area contributed by atoms with Crippen LogP contribution in [-0.4, -0.2) is 17.0 Å². The Balaban J connectivity index is 1.81. The first-order chi connectivity index (χ1) is 11.1. The van der Waals surface area contributed by atoms with Crippen molar-refractivity contribution in [2.24, 2.45) is 0 Å². The van der Waals surface area contributed by atoms with Gasteiger partial charge < -0.3 is 10.4 Å². The summed E-state index contributed by atoms with van der Waals surface area (Å²) in [5.41, 5.74) is 3.58. The van der Waals surface area contributed by atoms with Crippen LogP contribution in [0.4, 0.5) is 0 Å². The molecule has 0 heterocycles. The number of carboxylic acid groups (broad SMARTS) is 1. The highest BCUT2D eigenvalue weighted by Gasteiger charge is 2.23. The van der Waals surface area contributed by atoms with Crippen molar-refractivity contribution < 1.29 is 14.7 Å². The first-order valence-corrected chi connectivity index (χ1v) is 7.85. The summed E-state index contributed by atoms with van der Waals surface area (Å²) < 4.78 is 0. The fourth-order valence-corrected chi connectivity index (χ4v) is 3.02. The van der Waals surface area contributed by atoms with E-state index in [1.54, 1.807) is 30.3 Å². The van der Waals surface area contributed by atoms with Gasteiger partial charge >= 0.3 is 5.97 Å². The van der Waals surface area contributed by atoms with Gasteiger partial charge in [-0.2, -0.15) is 0 Å². The molecule has 1 aliphatic rings. The highest BCUT2D eigenvalue weighted by atomic mass is 16.4.